The molecule has 0 amide bonds. The predicted molar refractivity (Wildman–Crippen MR) is 105 cm³/mol. The highest BCUT2D eigenvalue weighted by Gasteiger charge is 2.31. The van der Waals surface area contributed by atoms with Crippen molar-refractivity contribution >= 4 is 0 Å². The third-order valence-corrected chi connectivity index (χ3v) is 5.42. The zero-order valence-electron chi connectivity index (χ0n) is 16.8. The molecular weight excluding hydrogens is 340 g/mol. The first-order valence-corrected chi connectivity index (χ1v) is 9.56. The van der Waals surface area contributed by atoms with Gasteiger partial charge in [0.2, 0.25) is 6.79 Å². The van der Waals surface area contributed by atoms with Crippen molar-refractivity contribution < 1.29 is 18.9 Å². The molecule has 4 rings (SSSR count). The smallest absolute Gasteiger partial charge is 0.231 e. The van der Waals surface area contributed by atoms with Crippen LogP contribution in [-0.4, -0.2) is 19.5 Å². The molecule has 0 aromatic heterocycles. The van der Waals surface area contributed by atoms with E-state index < -0.39 is 0 Å². The van der Waals surface area contributed by atoms with Crippen molar-refractivity contribution in [3.63, 3.8) is 0 Å². The van der Waals surface area contributed by atoms with E-state index in [4.69, 9.17) is 18.9 Å². The molecule has 2 aliphatic rings. The van der Waals surface area contributed by atoms with Crippen molar-refractivity contribution in [2.45, 2.75) is 58.0 Å². The zero-order valence-corrected chi connectivity index (χ0v) is 16.8. The predicted octanol–water partition coefficient (Wildman–Crippen LogP) is 5.22. The highest BCUT2D eigenvalue weighted by Crippen LogP contribution is 2.41. The molecule has 2 aromatic rings. The van der Waals surface area contributed by atoms with Gasteiger partial charge in [-0.3, -0.25) is 0 Å². The lowest BCUT2D eigenvalue weighted by atomic mass is 9.79. The average molecular weight is 368 g/mol. The van der Waals surface area contributed by atoms with E-state index in [1.54, 1.807) is 0 Å². The molecule has 0 saturated carbocycles. The minimum Gasteiger partial charge on any atom is -0.486 e. The van der Waals surface area contributed by atoms with E-state index >= 15 is 0 Å². The summed E-state index contributed by atoms with van der Waals surface area (Å²) in [5, 5.41) is 0. The fourth-order valence-corrected chi connectivity index (χ4v) is 3.69. The Morgan fingerprint density at radius 1 is 0.778 bits per heavy atom. The van der Waals surface area contributed by atoms with Crippen molar-refractivity contribution in [1.29, 1.82) is 0 Å². The Kier molecular flexibility index (Phi) is 4.25. The van der Waals surface area contributed by atoms with Crippen LogP contribution < -0.4 is 18.9 Å². The number of rotatable bonds is 3. The van der Waals surface area contributed by atoms with Crippen LogP contribution in [0.15, 0.2) is 36.4 Å². The zero-order chi connectivity index (χ0) is 19.2. The third-order valence-electron chi connectivity index (χ3n) is 5.42. The Bertz CT molecular complexity index is 848. The number of ether oxygens (including phenoxy) is 4. The van der Waals surface area contributed by atoms with Crippen molar-refractivity contribution in [3.05, 3.63) is 47.5 Å². The van der Waals surface area contributed by atoms with Crippen LogP contribution in [-0.2, 0) is 10.8 Å². The largest absolute Gasteiger partial charge is 0.486 e. The molecule has 2 aromatic carbocycles. The maximum Gasteiger partial charge on any atom is 0.231 e. The molecule has 0 N–H and O–H groups in total. The van der Waals surface area contributed by atoms with Crippen molar-refractivity contribution in [2.75, 3.05) is 13.4 Å². The molecule has 27 heavy (non-hydrogen) atoms. The Balaban J connectivity index is 1.52. The Morgan fingerprint density at radius 3 is 2.15 bits per heavy atom. The summed E-state index contributed by atoms with van der Waals surface area (Å²) in [7, 11) is 0. The van der Waals surface area contributed by atoms with Gasteiger partial charge in [-0.1, -0.05) is 46.8 Å². The van der Waals surface area contributed by atoms with Crippen LogP contribution in [0, 0.1) is 0 Å². The van der Waals surface area contributed by atoms with Gasteiger partial charge >= 0.3 is 0 Å². The third kappa shape index (κ3) is 3.58. The Labute approximate surface area is 161 Å². The van der Waals surface area contributed by atoms with Gasteiger partial charge in [-0.05, 0) is 52.6 Å². The van der Waals surface area contributed by atoms with Crippen LogP contribution in [0.1, 0.15) is 52.2 Å². The number of hydrogen-bond acceptors (Lipinski definition) is 4. The highest BCUT2D eigenvalue weighted by atomic mass is 16.7. The van der Waals surface area contributed by atoms with Crippen LogP contribution in [0.4, 0.5) is 0 Å². The minimum absolute atomic E-state index is 0.00754. The minimum atomic E-state index is -0.0753. The van der Waals surface area contributed by atoms with Crippen LogP contribution in [0.2, 0.25) is 0 Å². The monoisotopic (exact) mass is 368 g/mol. The first-order valence-electron chi connectivity index (χ1n) is 9.56. The number of fused-ring (bicyclic) bond motifs is 2. The molecule has 1 unspecified atom stereocenters. The second-order valence-electron chi connectivity index (χ2n) is 9.12. The van der Waals surface area contributed by atoms with Crippen molar-refractivity contribution in [2.24, 2.45) is 0 Å². The molecule has 0 radical (unpaired) electrons. The Hall–Kier alpha value is -2.36. The summed E-state index contributed by atoms with van der Waals surface area (Å²) in [6.45, 7) is 11.9. The molecule has 0 spiro atoms. The summed E-state index contributed by atoms with van der Waals surface area (Å²) in [5.74, 6) is 3.32. The van der Waals surface area contributed by atoms with Crippen molar-refractivity contribution in [1.82, 2.24) is 0 Å². The molecule has 4 heteroatoms. The van der Waals surface area contributed by atoms with Gasteiger partial charge in [0.1, 0.15) is 12.7 Å². The normalized spacial score (nSPS) is 18.5. The van der Waals surface area contributed by atoms with E-state index in [9.17, 15) is 0 Å². The van der Waals surface area contributed by atoms with Crippen LogP contribution >= 0.6 is 0 Å². The fourth-order valence-electron chi connectivity index (χ4n) is 3.69. The summed E-state index contributed by atoms with van der Waals surface area (Å²) in [4.78, 5) is 0. The van der Waals surface area contributed by atoms with E-state index in [1.807, 2.05) is 12.1 Å². The fraction of sp³-hybridized carbons (Fsp3) is 0.478. The molecule has 144 valence electrons. The van der Waals surface area contributed by atoms with Gasteiger partial charge in [0.05, 0.1) is 0 Å². The molecule has 0 fully saturated rings. The molecule has 0 saturated heterocycles. The average Bonchev–Trinajstić information content (AvgIpc) is 3.07. The van der Waals surface area contributed by atoms with Gasteiger partial charge in [0, 0.05) is 0 Å². The molecule has 4 nitrogen and oxygen atoms in total. The topological polar surface area (TPSA) is 36.9 Å². The second kappa shape index (κ2) is 6.36. The maximum atomic E-state index is 6.34. The van der Waals surface area contributed by atoms with Crippen LogP contribution in [0.5, 0.6) is 23.0 Å². The van der Waals surface area contributed by atoms with Crippen molar-refractivity contribution in [3.8, 4) is 23.0 Å². The summed E-state index contributed by atoms with van der Waals surface area (Å²) >= 11 is 0. The highest BCUT2D eigenvalue weighted by molar-refractivity contribution is 5.47. The van der Waals surface area contributed by atoms with Crippen LogP contribution in [0.25, 0.3) is 0 Å². The molecule has 2 aliphatic heterocycles. The van der Waals surface area contributed by atoms with Gasteiger partial charge < -0.3 is 18.9 Å². The lowest BCUT2D eigenvalue weighted by molar-refractivity contribution is 0.0700. The Morgan fingerprint density at radius 2 is 1.41 bits per heavy atom. The molecule has 1 atom stereocenters. The van der Waals surface area contributed by atoms with Gasteiger partial charge in [0.15, 0.2) is 23.0 Å². The summed E-state index contributed by atoms with van der Waals surface area (Å²) in [6.07, 6.45) is 0.861. The quantitative estimate of drug-likeness (QED) is 0.744. The first kappa shape index (κ1) is 18.0. The summed E-state index contributed by atoms with van der Waals surface area (Å²) in [6, 6.07) is 12.5. The standard InChI is InChI=1S/C23H28O4/c1-22(2,3)15-6-8-19-21(10-15)27-17(13-24-19)12-23(4,5)16-7-9-18-20(11-16)26-14-25-18/h6-11,17H,12-14H2,1-5H3. The molecule has 2 heterocycles. The summed E-state index contributed by atoms with van der Waals surface area (Å²) in [5.41, 5.74) is 2.47. The first-order chi connectivity index (χ1) is 12.7. The van der Waals surface area contributed by atoms with E-state index in [0.717, 1.165) is 29.4 Å². The van der Waals surface area contributed by atoms with E-state index in [1.165, 1.54) is 11.1 Å². The SMILES string of the molecule is CC(C)(C)c1ccc2c(c1)OC(CC(C)(C)c1ccc3c(c1)OCO3)CO2. The van der Waals surface area contributed by atoms with E-state index in [0.29, 0.717) is 13.4 Å². The maximum absolute atomic E-state index is 6.34. The lowest BCUT2D eigenvalue weighted by Crippen LogP contribution is -2.35. The molecule has 0 bridgehead atoms. The van der Waals surface area contributed by atoms with Gasteiger partial charge in [0.25, 0.3) is 0 Å². The molecular formula is C23H28O4. The summed E-state index contributed by atoms with van der Waals surface area (Å²) < 4.78 is 23.3. The van der Waals surface area contributed by atoms with Gasteiger partial charge in [-0.15, -0.1) is 0 Å². The number of benzene rings is 2. The lowest BCUT2D eigenvalue weighted by Gasteiger charge is -2.34. The van der Waals surface area contributed by atoms with Crippen LogP contribution in [0.3, 0.4) is 0 Å². The number of hydrogen-bond donors (Lipinski definition) is 0. The van der Waals surface area contributed by atoms with E-state index in [-0.39, 0.29) is 16.9 Å². The van der Waals surface area contributed by atoms with Gasteiger partial charge in [-0.25, -0.2) is 0 Å². The second-order valence-corrected chi connectivity index (χ2v) is 9.12. The van der Waals surface area contributed by atoms with Gasteiger partial charge in [-0.2, -0.15) is 0 Å². The van der Waals surface area contributed by atoms with E-state index in [2.05, 4.69) is 58.9 Å². The molecule has 0 aliphatic carbocycles.